The van der Waals surface area contributed by atoms with Crippen LogP contribution in [0.25, 0.3) is 0 Å². The van der Waals surface area contributed by atoms with E-state index >= 15 is 0 Å². The second kappa shape index (κ2) is 3.41. The molecule has 0 aromatic heterocycles. The van der Waals surface area contributed by atoms with Crippen molar-refractivity contribution < 1.29 is 4.79 Å². The van der Waals surface area contributed by atoms with E-state index in [0.29, 0.717) is 12.0 Å². The fourth-order valence-electron chi connectivity index (χ4n) is 1.43. The number of nitrogens with zero attached hydrogens (tertiary/aromatic N) is 1. The number of amides is 1. The molecule has 2 rings (SSSR count). The number of hydrogen-bond acceptors (Lipinski definition) is 1. The monoisotopic (exact) mass is 177 g/mol. The van der Waals surface area contributed by atoms with Crippen LogP contribution in [0.1, 0.15) is 32.1 Å². The van der Waals surface area contributed by atoms with E-state index in [1.807, 2.05) is 7.05 Å². The Balaban J connectivity index is 1.83. The lowest BCUT2D eigenvalue weighted by Gasteiger charge is -2.19. The summed E-state index contributed by atoms with van der Waals surface area (Å²) in [7, 11) is 1.86. The van der Waals surface area contributed by atoms with Crippen molar-refractivity contribution >= 4 is 5.91 Å². The zero-order valence-electron chi connectivity index (χ0n) is 8.05. The van der Waals surface area contributed by atoms with Crippen molar-refractivity contribution in [2.24, 2.45) is 5.92 Å². The van der Waals surface area contributed by atoms with Crippen molar-refractivity contribution in [2.75, 3.05) is 7.05 Å². The first-order valence-corrected chi connectivity index (χ1v) is 5.05. The topological polar surface area (TPSA) is 20.3 Å². The number of carbonyl (C=O) groups excluding carboxylic acids is 1. The Labute approximate surface area is 79.3 Å². The Morgan fingerprint density at radius 3 is 2.46 bits per heavy atom. The van der Waals surface area contributed by atoms with Gasteiger partial charge in [0.1, 0.15) is 0 Å². The third-order valence-electron chi connectivity index (χ3n) is 2.90. The summed E-state index contributed by atoms with van der Waals surface area (Å²) in [5.41, 5.74) is 0. The van der Waals surface area contributed by atoms with E-state index in [1.54, 1.807) is 4.90 Å². The van der Waals surface area contributed by atoms with Gasteiger partial charge in [0, 0.05) is 19.0 Å². The summed E-state index contributed by atoms with van der Waals surface area (Å²) in [5.74, 6) is 6.30. The second-order valence-electron chi connectivity index (χ2n) is 4.04. The molecule has 2 fully saturated rings. The molecule has 0 N–H and O–H groups in total. The van der Waals surface area contributed by atoms with Crippen LogP contribution in [-0.2, 0) is 4.79 Å². The van der Waals surface area contributed by atoms with Gasteiger partial charge in [-0.25, -0.2) is 0 Å². The Hall–Kier alpha value is -0.970. The highest BCUT2D eigenvalue weighted by Gasteiger charge is 2.28. The molecule has 2 nitrogen and oxygen atoms in total. The van der Waals surface area contributed by atoms with Crippen LogP contribution in [0.4, 0.5) is 0 Å². The van der Waals surface area contributed by atoms with Crippen molar-refractivity contribution in [2.45, 2.75) is 38.1 Å². The molecule has 0 spiro atoms. The standard InChI is InChI=1S/C11H15NO/c1-12(10-6-7-10)11(13)8-5-9-3-2-4-9/h9-10H,2-4,6-7H2,1H3. The molecule has 2 aliphatic carbocycles. The van der Waals surface area contributed by atoms with Crippen LogP contribution >= 0.6 is 0 Å². The van der Waals surface area contributed by atoms with Crippen molar-refractivity contribution in [3.63, 3.8) is 0 Å². The SMILES string of the molecule is CN(C(=O)C#CC1CCC1)C1CC1. The van der Waals surface area contributed by atoms with E-state index in [4.69, 9.17) is 0 Å². The average molecular weight is 177 g/mol. The molecule has 0 aromatic carbocycles. The lowest BCUT2D eigenvalue weighted by molar-refractivity contribution is -0.124. The predicted molar refractivity (Wildman–Crippen MR) is 50.9 cm³/mol. The van der Waals surface area contributed by atoms with E-state index in [2.05, 4.69) is 11.8 Å². The highest BCUT2D eigenvalue weighted by atomic mass is 16.2. The van der Waals surface area contributed by atoms with Gasteiger partial charge in [-0.1, -0.05) is 12.3 Å². The summed E-state index contributed by atoms with van der Waals surface area (Å²) in [4.78, 5) is 13.2. The van der Waals surface area contributed by atoms with Gasteiger partial charge in [-0.3, -0.25) is 4.79 Å². The van der Waals surface area contributed by atoms with Gasteiger partial charge < -0.3 is 4.90 Å². The molecule has 0 radical (unpaired) electrons. The molecule has 0 bridgehead atoms. The van der Waals surface area contributed by atoms with Gasteiger partial charge in [0.25, 0.3) is 5.91 Å². The highest BCUT2D eigenvalue weighted by molar-refractivity contribution is 5.93. The molecule has 0 aromatic rings. The molecule has 2 heteroatoms. The number of carbonyl (C=O) groups is 1. The zero-order valence-corrected chi connectivity index (χ0v) is 8.05. The molecule has 1 amide bonds. The lowest BCUT2D eigenvalue weighted by Crippen LogP contribution is -2.27. The molecule has 0 heterocycles. The molecule has 13 heavy (non-hydrogen) atoms. The minimum atomic E-state index is 0.00870. The quantitative estimate of drug-likeness (QED) is 0.554. The van der Waals surface area contributed by atoms with Gasteiger partial charge in [0.2, 0.25) is 0 Å². The molecule has 2 aliphatic rings. The van der Waals surface area contributed by atoms with E-state index in [-0.39, 0.29) is 5.91 Å². The molecular weight excluding hydrogens is 162 g/mol. The van der Waals surface area contributed by atoms with Crippen LogP contribution in [0, 0.1) is 17.8 Å². The van der Waals surface area contributed by atoms with Gasteiger partial charge in [-0.15, -0.1) is 0 Å². The van der Waals surface area contributed by atoms with Gasteiger partial charge in [-0.2, -0.15) is 0 Å². The Morgan fingerprint density at radius 2 is 2.00 bits per heavy atom. The Morgan fingerprint density at radius 1 is 1.31 bits per heavy atom. The molecule has 70 valence electrons. The lowest BCUT2D eigenvalue weighted by atomic mass is 9.86. The fourth-order valence-corrected chi connectivity index (χ4v) is 1.43. The first-order chi connectivity index (χ1) is 6.27. The van der Waals surface area contributed by atoms with E-state index in [1.165, 1.54) is 19.3 Å². The number of hydrogen-bond donors (Lipinski definition) is 0. The summed E-state index contributed by atoms with van der Waals surface area (Å²) in [5, 5.41) is 0. The van der Waals surface area contributed by atoms with Crippen LogP contribution in [0.5, 0.6) is 0 Å². The highest BCUT2D eigenvalue weighted by Crippen LogP contribution is 2.26. The van der Waals surface area contributed by atoms with Gasteiger partial charge >= 0.3 is 0 Å². The first kappa shape index (κ1) is 8.62. The summed E-state index contributed by atoms with van der Waals surface area (Å²) in [6, 6.07) is 0.489. The van der Waals surface area contributed by atoms with Crippen molar-refractivity contribution in [1.29, 1.82) is 0 Å². The van der Waals surface area contributed by atoms with Crippen LogP contribution in [-0.4, -0.2) is 23.9 Å². The Kier molecular flexibility index (Phi) is 2.26. The fraction of sp³-hybridized carbons (Fsp3) is 0.727. The molecule has 2 saturated carbocycles. The second-order valence-corrected chi connectivity index (χ2v) is 4.04. The minimum absolute atomic E-state index is 0.00870. The third-order valence-corrected chi connectivity index (χ3v) is 2.90. The summed E-state index contributed by atoms with van der Waals surface area (Å²) >= 11 is 0. The zero-order chi connectivity index (χ0) is 9.26. The molecular formula is C11H15NO. The minimum Gasteiger partial charge on any atom is -0.332 e. The summed E-state index contributed by atoms with van der Waals surface area (Å²) < 4.78 is 0. The first-order valence-electron chi connectivity index (χ1n) is 5.05. The third kappa shape index (κ3) is 2.03. The molecule has 0 unspecified atom stereocenters. The van der Waals surface area contributed by atoms with Gasteiger partial charge in [0.05, 0.1) is 0 Å². The Bertz CT molecular complexity index is 266. The largest absolute Gasteiger partial charge is 0.332 e. The van der Waals surface area contributed by atoms with Gasteiger partial charge in [0.15, 0.2) is 0 Å². The van der Waals surface area contributed by atoms with Crippen molar-refractivity contribution in [1.82, 2.24) is 4.90 Å². The average Bonchev–Trinajstić information content (AvgIpc) is 2.82. The van der Waals surface area contributed by atoms with E-state index in [0.717, 1.165) is 12.8 Å². The molecule has 0 aliphatic heterocycles. The van der Waals surface area contributed by atoms with Crippen LogP contribution in [0.2, 0.25) is 0 Å². The summed E-state index contributed by atoms with van der Waals surface area (Å²) in [6.07, 6.45) is 5.98. The predicted octanol–water partition coefficient (Wildman–Crippen LogP) is 1.41. The van der Waals surface area contributed by atoms with E-state index < -0.39 is 0 Å². The molecule has 0 atom stereocenters. The van der Waals surface area contributed by atoms with Crippen molar-refractivity contribution in [3.05, 3.63) is 0 Å². The number of rotatable bonds is 1. The maximum absolute atomic E-state index is 11.4. The van der Waals surface area contributed by atoms with Crippen LogP contribution < -0.4 is 0 Å². The van der Waals surface area contributed by atoms with E-state index in [9.17, 15) is 4.79 Å². The van der Waals surface area contributed by atoms with Gasteiger partial charge in [-0.05, 0) is 31.6 Å². The summed E-state index contributed by atoms with van der Waals surface area (Å²) in [6.45, 7) is 0. The van der Waals surface area contributed by atoms with Crippen LogP contribution in [0.15, 0.2) is 0 Å². The maximum Gasteiger partial charge on any atom is 0.298 e. The van der Waals surface area contributed by atoms with Crippen LogP contribution in [0.3, 0.4) is 0 Å². The normalized spacial score (nSPS) is 21.3. The smallest absolute Gasteiger partial charge is 0.298 e. The maximum atomic E-state index is 11.4. The van der Waals surface area contributed by atoms with Crippen molar-refractivity contribution in [3.8, 4) is 11.8 Å². The molecule has 0 saturated heterocycles.